The van der Waals surface area contributed by atoms with Gasteiger partial charge in [-0.15, -0.1) is 0 Å². The molecule has 32 heavy (non-hydrogen) atoms. The number of anilines is 1. The molecule has 3 N–H and O–H groups in total. The number of fused-ring (bicyclic) bond motifs is 2. The monoisotopic (exact) mass is 428 g/mol. The number of rotatable bonds is 5. The van der Waals surface area contributed by atoms with Gasteiger partial charge in [-0.25, -0.2) is 14.3 Å². The van der Waals surface area contributed by atoms with E-state index in [0.29, 0.717) is 24.9 Å². The van der Waals surface area contributed by atoms with E-state index in [9.17, 15) is 4.79 Å². The van der Waals surface area contributed by atoms with E-state index in [1.54, 1.807) is 4.57 Å². The molecule has 4 aromatic rings. The third-order valence-electron chi connectivity index (χ3n) is 5.50. The lowest BCUT2D eigenvalue weighted by Crippen LogP contribution is -2.27. The van der Waals surface area contributed by atoms with Crippen LogP contribution in [0.15, 0.2) is 60.7 Å². The molecular weight excluding hydrogens is 404 g/mol. The molecule has 0 saturated heterocycles. The Balaban J connectivity index is 1.61. The van der Waals surface area contributed by atoms with Crippen LogP contribution in [0.1, 0.15) is 16.8 Å². The molecule has 5 rings (SSSR count). The van der Waals surface area contributed by atoms with Gasteiger partial charge in [-0.3, -0.25) is 0 Å². The lowest BCUT2D eigenvalue weighted by atomic mass is 10.1. The number of ether oxygens (including phenoxy) is 1. The number of carbonyl (C=O) groups excluding carboxylic acids is 1. The average Bonchev–Trinajstić information content (AvgIpc) is 3.20. The summed E-state index contributed by atoms with van der Waals surface area (Å²) in [6.07, 6.45) is 0.258. The van der Waals surface area contributed by atoms with Crippen molar-refractivity contribution < 1.29 is 9.53 Å². The number of nitrogens with zero attached hydrogens (tertiary/aromatic N) is 3. The third kappa shape index (κ3) is 3.88. The van der Waals surface area contributed by atoms with Gasteiger partial charge in [-0.05, 0) is 11.6 Å². The average molecular weight is 428 g/mol. The second-order valence-electron chi connectivity index (χ2n) is 7.58. The summed E-state index contributed by atoms with van der Waals surface area (Å²) in [5.74, 6) is 1.62. The Labute approximate surface area is 185 Å². The van der Waals surface area contributed by atoms with Crippen LogP contribution in [0, 0.1) is 0 Å². The Kier molecular flexibility index (Phi) is 5.43. The van der Waals surface area contributed by atoms with E-state index in [4.69, 9.17) is 14.7 Å². The normalized spacial score (nSPS) is 12.9. The molecule has 0 bridgehead atoms. The molecule has 0 saturated carbocycles. The highest BCUT2D eigenvalue weighted by Crippen LogP contribution is 2.30. The summed E-state index contributed by atoms with van der Waals surface area (Å²) in [7, 11) is 1.53. The van der Waals surface area contributed by atoms with Crippen LogP contribution in [0.5, 0.6) is 5.88 Å². The molecule has 3 heterocycles. The summed E-state index contributed by atoms with van der Waals surface area (Å²) < 4.78 is 7.34. The molecule has 0 spiro atoms. The molecule has 1 amide bonds. The molecule has 8 heteroatoms. The summed E-state index contributed by atoms with van der Waals surface area (Å²) in [6.45, 7) is 2.22. The quantitative estimate of drug-likeness (QED) is 0.451. The van der Waals surface area contributed by atoms with Crippen LogP contribution in [-0.2, 0) is 19.5 Å². The van der Waals surface area contributed by atoms with Gasteiger partial charge < -0.3 is 20.7 Å². The van der Waals surface area contributed by atoms with Crippen molar-refractivity contribution in [3.8, 4) is 11.8 Å². The van der Waals surface area contributed by atoms with Crippen molar-refractivity contribution in [2.24, 2.45) is 0 Å². The number of aromatic nitrogens is 3. The summed E-state index contributed by atoms with van der Waals surface area (Å²) in [6, 6.07) is 19.9. The van der Waals surface area contributed by atoms with Crippen LogP contribution < -0.4 is 20.7 Å². The van der Waals surface area contributed by atoms with Crippen molar-refractivity contribution in [3.05, 3.63) is 77.5 Å². The van der Waals surface area contributed by atoms with Crippen molar-refractivity contribution in [2.45, 2.75) is 19.5 Å². The second-order valence-corrected chi connectivity index (χ2v) is 7.58. The minimum atomic E-state index is -0.543. The van der Waals surface area contributed by atoms with E-state index in [2.05, 4.69) is 28.1 Å². The van der Waals surface area contributed by atoms with Crippen molar-refractivity contribution in [3.63, 3.8) is 0 Å². The fourth-order valence-electron chi connectivity index (χ4n) is 3.91. The van der Waals surface area contributed by atoms with Crippen molar-refractivity contribution in [2.75, 3.05) is 18.9 Å². The van der Waals surface area contributed by atoms with E-state index in [1.807, 2.05) is 48.5 Å². The maximum absolute atomic E-state index is 12.0. The number of nitrogens with one attached hydrogen (secondary N) is 3. The van der Waals surface area contributed by atoms with Crippen LogP contribution in [-0.4, -0.2) is 34.2 Å². The van der Waals surface area contributed by atoms with Gasteiger partial charge in [0, 0.05) is 50.1 Å². The number of para-hydroxylation sites is 1. The number of hydrogen-bond acceptors (Lipinski definition) is 6. The van der Waals surface area contributed by atoms with E-state index < -0.39 is 6.09 Å². The molecule has 1 aliphatic rings. The Hall–Kier alpha value is -3.91. The van der Waals surface area contributed by atoms with Crippen LogP contribution in [0.25, 0.3) is 16.9 Å². The van der Waals surface area contributed by atoms with E-state index in [-0.39, 0.29) is 0 Å². The highest BCUT2D eigenvalue weighted by Gasteiger charge is 2.22. The van der Waals surface area contributed by atoms with Crippen LogP contribution in [0.3, 0.4) is 0 Å². The zero-order chi connectivity index (χ0) is 21.9. The molecule has 162 valence electrons. The largest absolute Gasteiger partial charge is 0.413 e. The third-order valence-corrected chi connectivity index (χ3v) is 5.50. The number of amides is 1. The zero-order valence-corrected chi connectivity index (χ0v) is 17.8. The lowest BCUT2D eigenvalue weighted by molar-refractivity contribution is 0.200. The van der Waals surface area contributed by atoms with Gasteiger partial charge >= 0.3 is 6.09 Å². The zero-order valence-electron chi connectivity index (χ0n) is 17.8. The minimum Gasteiger partial charge on any atom is -0.393 e. The topological polar surface area (TPSA) is 93.1 Å². The molecule has 0 radical (unpaired) electrons. The predicted octanol–water partition coefficient (Wildman–Crippen LogP) is 3.40. The van der Waals surface area contributed by atoms with Crippen LogP contribution in [0.4, 0.5) is 10.6 Å². The molecule has 0 aliphatic carbocycles. The van der Waals surface area contributed by atoms with Gasteiger partial charge in [0.1, 0.15) is 5.82 Å². The molecule has 0 unspecified atom stereocenters. The standard InChI is InChI=1S/C24H24N6O2/c1-25-24(31)32-21-13-17-9-5-6-10-20(17)30(21)23-28-19-11-12-26-15-18(19)22(29-23)27-14-16-7-3-2-4-8-16/h2-10,13,26H,11-12,14-15H2,1H3,(H,25,31)(H,27,28,29). The summed E-state index contributed by atoms with van der Waals surface area (Å²) in [4.78, 5) is 21.7. The van der Waals surface area contributed by atoms with Crippen molar-refractivity contribution in [1.29, 1.82) is 0 Å². The molecule has 8 nitrogen and oxygen atoms in total. The van der Waals surface area contributed by atoms with Crippen molar-refractivity contribution >= 4 is 22.8 Å². The van der Waals surface area contributed by atoms with E-state index >= 15 is 0 Å². The lowest BCUT2D eigenvalue weighted by Gasteiger charge is -2.21. The molecular formula is C24H24N6O2. The number of carbonyl (C=O) groups is 1. The highest BCUT2D eigenvalue weighted by atomic mass is 16.6. The molecule has 2 aromatic heterocycles. The fourth-order valence-corrected chi connectivity index (χ4v) is 3.91. The summed E-state index contributed by atoms with van der Waals surface area (Å²) >= 11 is 0. The first kappa shape index (κ1) is 20.0. The Morgan fingerprint density at radius 3 is 2.78 bits per heavy atom. The summed E-state index contributed by atoms with van der Waals surface area (Å²) in [5.41, 5.74) is 4.10. The van der Waals surface area contributed by atoms with Gasteiger partial charge in [0.05, 0.1) is 11.2 Å². The molecule has 1 aliphatic heterocycles. The van der Waals surface area contributed by atoms with Crippen LogP contribution >= 0.6 is 0 Å². The van der Waals surface area contributed by atoms with Crippen molar-refractivity contribution in [1.82, 2.24) is 25.2 Å². The smallest absolute Gasteiger partial charge is 0.393 e. The first-order valence-corrected chi connectivity index (χ1v) is 10.6. The number of hydrogen-bond donors (Lipinski definition) is 3. The molecule has 0 atom stereocenters. The predicted molar refractivity (Wildman–Crippen MR) is 123 cm³/mol. The SMILES string of the molecule is CNC(=O)Oc1cc2ccccc2n1-c1nc2c(c(NCc3ccccc3)n1)CNCC2. The Bertz CT molecular complexity index is 1270. The highest BCUT2D eigenvalue weighted by molar-refractivity contribution is 5.85. The first-order chi connectivity index (χ1) is 15.7. The summed E-state index contributed by atoms with van der Waals surface area (Å²) in [5, 5.41) is 10.3. The van der Waals surface area contributed by atoms with Gasteiger partial charge in [0.25, 0.3) is 0 Å². The van der Waals surface area contributed by atoms with Gasteiger partial charge in [-0.2, -0.15) is 4.98 Å². The van der Waals surface area contributed by atoms with Gasteiger partial charge in [0.2, 0.25) is 11.8 Å². The molecule has 2 aromatic carbocycles. The fraction of sp³-hybridized carbons (Fsp3) is 0.208. The minimum absolute atomic E-state index is 0.369. The number of benzene rings is 2. The van der Waals surface area contributed by atoms with Crippen LogP contribution in [0.2, 0.25) is 0 Å². The van der Waals surface area contributed by atoms with Gasteiger partial charge in [0.15, 0.2) is 0 Å². The first-order valence-electron chi connectivity index (χ1n) is 10.6. The van der Waals surface area contributed by atoms with Gasteiger partial charge in [-0.1, -0.05) is 48.5 Å². The second kappa shape index (κ2) is 8.68. The Morgan fingerprint density at radius 1 is 1.12 bits per heavy atom. The maximum Gasteiger partial charge on any atom is 0.413 e. The van der Waals surface area contributed by atoms with E-state index in [1.165, 1.54) is 12.6 Å². The Morgan fingerprint density at radius 2 is 1.94 bits per heavy atom. The maximum atomic E-state index is 12.0. The molecule has 0 fully saturated rings. The van der Waals surface area contributed by atoms with E-state index in [0.717, 1.165) is 40.9 Å².